The van der Waals surface area contributed by atoms with Crippen LogP contribution in [-0.2, 0) is 29.4 Å². The van der Waals surface area contributed by atoms with E-state index in [0.29, 0.717) is 30.8 Å². The first-order chi connectivity index (χ1) is 15.4. The van der Waals surface area contributed by atoms with Gasteiger partial charge in [0.25, 0.3) is 5.91 Å². The van der Waals surface area contributed by atoms with Gasteiger partial charge in [-0.2, -0.15) is 0 Å². The van der Waals surface area contributed by atoms with Crippen molar-refractivity contribution in [2.45, 2.75) is 19.4 Å². The van der Waals surface area contributed by atoms with Gasteiger partial charge in [-0.15, -0.1) is 0 Å². The minimum Gasteiger partial charge on any atom is -0.497 e. The largest absolute Gasteiger partial charge is 0.497 e. The Balaban J connectivity index is 1.41. The van der Waals surface area contributed by atoms with Crippen LogP contribution in [0.25, 0.3) is 0 Å². The Hall–Kier alpha value is -3.32. The standard InChI is InChI=1S/C25H26N2O4S/c1-31-24-11-7-19(8-12-24)14-16-32(29,30)26-23-10-9-20-13-15-27(18-22(20)17-23)25(28)21-5-3-2-4-6-21/h2-12,17,26H,13-16,18H2,1H3. The van der Waals surface area contributed by atoms with Crippen LogP contribution in [0.4, 0.5) is 5.69 Å². The average molecular weight is 451 g/mol. The molecule has 3 aromatic rings. The number of anilines is 1. The van der Waals surface area contributed by atoms with Crippen LogP contribution in [-0.4, -0.2) is 38.6 Å². The summed E-state index contributed by atoms with van der Waals surface area (Å²) in [5.41, 5.74) is 4.22. The quantitative estimate of drug-likeness (QED) is 0.593. The van der Waals surface area contributed by atoms with E-state index in [0.717, 1.165) is 28.9 Å². The Kier molecular flexibility index (Phi) is 6.46. The van der Waals surface area contributed by atoms with E-state index in [2.05, 4.69) is 4.72 Å². The zero-order valence-corrected chi connectivity index (χ0v) is 18.8. The van der Waals surface area contributed by atoms with Crippen molar-refractivity contribution in [1.29, 1.82) is 0 Å². The molecule has 0 spiro atoms. The third-order valence-electron chi connectivity index (χ3n) is 5.62. The van der Waals surface area contributed by atoms with Gasteiger partial charge in [0.15, 0.2) is 0 Å². The molecule has 0 atom stereocenters. The molecular weight excluding hydrogens is 424 g/mol. The molecule has 166 valence electrons. The summed E-state index contributed by atoms with van der Waals surface area (Å²) in [5.74, 6) is 0.708. The number of nitrogens with zero attached hydrogens (tertiary/aromatic N) is 1. The summed E-state index contributed by atoms with van der Waals surface area (Å²) in [5, 5.41) is 0. The molecule has 1 amide bonds. The van der Waals surface area contributed by atoms with Crippen LogP contribution in [0.3, 0.4) is 0 Å². The van der Waals surface area contributed by atoms with E-state index in [1.54, 1.807) is 18.1 Å². The van der Waals surface area contributed by atoms with Gasteiger partial charge in [0.2, 0.25) is 10.0 Å². The average Bonchev–Trinajstić information content (AvgIpc) is 2.82. The highest BCUT2D eigenvalue weighted by Gasteiger charge is 2.22. The SMILES string of the molecule is COc1ccc(CCS(=O)(=O)Nc2ccc3c(c2)CN(C(=O)c2ccccc2)CC3)cc1. The Morgan fingerprint density at radius 3 is 2.47 bits per heavy atom. The number of sulfonamides is 1. The van der Waals surface area contributed by atoms with Gasteiger partial charge in [-0.05, 0) is 65.9 Å². The van der Waals surface area contributed by atoms with Gasteiger partial charge in [-0.25, -0.2) is 8.42 Å². The van der Waals surface area contributed by atoms with E-state index >= 15 is 0 Å². The van der Waals surface area contributed by atoms with Gasteiger partial charge in [-0.3, -0.25) is 9.52 Å². The molecule has 0 unspecified atom stereocenters. The van der Waals surface area contributed by atoms with Crippen molar-refractivity contribution >= 4 is 21.6 Å². The maximum absolute atomic E-state index is 12.8. The molecular formula is C25H26N2O4S. The highest BCUT2D eigenvalue weighted by Crippen LogP contribution is 2.24. The topological polar surface area (TPSA) is 75.7 Å². The lowest BCUT2D eigenvalue weighted by atomic mass is 9.98. The predicted octanol–water partition coefficient (Wildman–Crippen LogP) is 3.88. The minimum absolute atomic E-state index is 0.0123. The fourth-order valence-corrected chi connectivity index (χ4v) is 4.92. The first kappa shape index (κ1) is 21.9. The summed E-state index contributed by atoms with van der Waals surface area (Å²) in [4.78, 5) is 14.6. The molecule has 4 rings (SSSR count). The van der Waals surface area contributed by atoms with Gasteiger partial charge in [-0.1, -0.05) is 36.4 Å². The van der Waals surface area contributed by atoms with Gasteiger partial charge >= 0.3 is 0 Å². The molecule has 7 heteroatoms. The second-order valence-corrected chi connectivity index (χ2v) is 9.69. The number of benzene rings is 3. The van der Waals surface area contributed by atoms with Crippen molar-refractivity contribution in [3.63, 3.8) is 0 Å². The number of carbonyl (C=O) groups excluding carboxylic acids is 1. The number of hydrogen-bond donors (Lipinski definition) is 1. The van der Waals surface area contributed by atoms with Crippen LogP contribution < -0.4 is 9.46 Å². The van der Waals surface area contributed by atoms with E-state index in [1.807, 2.05) is 66.7 Å². The van der Waals surface area contributed by atoms with Crippen LogP contribution in [0.2, 0.25) is 0 Å². The highest BCUT2D eigenvalue weighted by atomic mass is 32.2. The zero-order valence-electron chi connectivity index (χ0n) is 18.0. The number of ether oxygens (including phenoxy) is 1. The fraction of sp³-hybridized carbons (Fsp3) is 0.240. The van der Waals surface area contributed by atoms with Crippen LogP contribution in [0.1, 0.15) is 27.0 Å². The van der Waals surface area contributed by atoms with Crippen molar-refractivity contribution in [3.05, 3.63) is 95.1 Å². The van der Waals surface area contributed by atoms with Crippen LogP contribution in [0.15, 0.2) is 72.8 Å². The molecule has 32 heavy (non-hydrogen) atoms. The molecule has 0 saturated heterocycles. The Bertz CT molecular complexity index is 1190. The number of methoxy groups -OCH3 is 1. The summed E-state index contributed by atoms with van der Waals surface area (Å²) >= 11 is 0. The van der Waals surface area contributed by atoms with Crippen molar-refractivity contribution in [3.8, 4) is 5.75 Å². The molecule has 0 saturated carbocycles. The van der Waals surface area contributed by atoms with Crippen LogP contribution in [0, 0.1) is 0 Å². The summed E-state index contributed by atoms with van der Waals surface area (Å²) in [7, 11) is -1.91. The molecule has 6 nitrogen and oxygen atoms in total. The molecule has 1 aliphatic rings. The molecule has 0 aromatic heterocycles. The van der Waals surface area contributed by atoms with E-state index in [4.69, 9.17) is 4.74 Å². The molecule has 0 radical (unpaired) electrons. The summed E-state index contributed by atoms with van der Waals surface area (Å²) in [6.07, 6.45) is 1.15. The fourth-order valence-electron chi connectivity index (χ4n) is 3.83. The van der Waals surface area contributed by atoms with Crippen LogP contribution in [0.5, 0.6) is 5.75 Å². The Morgan fingerprint density at radius 2 is 1.75 bits per heavy atom. The first-order valence-electron chi connectivity index (χ1n) is 10.5. The lowest BCUT2D eigenvalue weighted by molar-refractivity contribution is 0.0734. The number of nitrogens with one attached hydrogen (secondary N) is 1. The number of hydrogen-bond acceptors (Lipinski definition) is 4. The molecule has 0 aliphatic carbocycles. The van der Waals surface area contributed by atoms with Gasteiger partial charge in [0.05, 0.1) is 12.9 Å². The lowest BCUT2D eigenvalue weighted by Gasteiger charge is -2.29. The van der Waals surface area contributed by atoms with E-state index < -0.39 is 10.0 Å². The third kappa shape index (κ3) is 5.29. The van der Waals surface area contributed by atoms with Crippen molar-refractivity contribution in [1.82, 2.24) is 4.90 Å². The second-order valence-electron chi connectivity index (χ2n) is 7.85. The number of fused-ring (bicyclic) bond motifs is 1. The zero-order chi connectivity index (χ0) is 22.6. The van der Waals surface area contributed by atoms with Gasteiger partial charge in [0, 0.05) is 24.3 Å². The van der Waals surface area contributed by atoms with Crippen LogP contribution >= 0.6 is 0 Å². The minimum atomic E-state index is -3.51. The molecule has 0 fully saturated rings. The van der Waals surface area contributed by atoms with Crippen molar-refractivity contribution < 1.29 is 17.9 Å². The highest BCUT2D eigenvalue weighted by molar-refractivity contribution is 7.92. The smallest absolute Gasteiger partial charge is 0.254 e. The van der Waals surface area contributed by atoms with E-state index in [-0.39, 0.29) is 11.7 Å². The molecule has 1 N–H and O–H groups in total. The molecule has 0 bridgehead atoms. The maximum atomic E-state index is 12.8. The third-order valence-corrected chi connectivity index (χ3v) is 6.91. The Morgan fingerprint density at radius 1 is 1.00 bits per heavy atom. The monoisotopic (exact) mass is 450 g/mol. The molecule has 3 aromatic carbocycles. The second kappa shape index (κ2) is 9.44. The van der Waals surface area contributed by atoms with Crippen molar-refractivity contribution in [2.75, 3.05) is 24.1 Å². The van der Waals surface area contributed by atoms with E-state index in [9.17, 15) is 13.2 Å². The summed E-state index contributed by atoms with van der Waals surface area (Å²) in [6.45, 7) is 1.11. The summed E-state index contributed by atoms with van der Waals surface area (Å²) in [6, 6.07) is 22.2. The first-order valence-corrected chi connectivity index (χ1v) is 12.2. The summed E-state index contributed by atoms with van der Waals surface area (Å²) < 4.78 is 33.1. The van der Waals surface area contributed by atoms with Crippen molar-refractivity contribution in [2.24, 2.45) is 0 Å². The maximum Gasteiger partial charge on any atom is 0.254 e. The number of rotatable bonds is 7. The lowest BCUT2D eigenvalue weighted by Crippen LogP contribution is -2.36. The number of carbonyl (C=O) groups is 1. The van der Waals surface area contributed by atoms with E-state index in [1.165, 1.54) is 0 Å². The predicted molar refractivity (Wildman–Crippen MR) is 125 cm³/mol. The number of amides is 1. The molecule has 1 heterocycles. The normalized spacial score (nSPS) is 13.3. The Labute approximate surface area is 188 Å². The van der Waals surface area contributed by atoms with Gasteiger partial charge in [0.1, 0.15) is 5.75 Å². The van der Waals surface area contributed by atoms with Gasteiger partial charge < -0.3 is 9.64 Å². The number of aryl methyl sites for hydroxylation is 1. The molecule has 1 aliphatic heterocycles.